The van der Waals surface area contributed by atoms with Gasteiger partial charge in [0.15, 0.2) is 0 Å². The first-order valence-corrected chi connectivity index (χ1v) is 8.76. The maximum atomic E-state index is 11.0. The van der Waals surface area contributed by atoms with Crippen LogP contribution < -0.4 is 0 Å². The van der Waals surface area contributed by atoms with Gasteiger partial charge in [-0.05, 0) is 80.6 Å². The molecular formula is C22H30O. The molecule has 0 aromatic carbocycles. The second-order valence-corrected chi connectivity index (χ2v) is 7.64. The van der Waals surface area contributed by atoms with Gasteiger partial charge in [0.2, 0.25) is 0 Å². The third-order valence-electron chi connectivity index (χ3n) is 5.37. The molecule has 0 aromatic rings. The quantitative estimate of drug-likeness (QED) is 0.443. The SMILES string of the molecule is CC1=C(/C=C/C(C)=C\C=C2/CCC(C=O)=C2C)C(C)(C)CCC1. The van der Waals surface area contributed by atoms with Crippen LogP contribution in [0.15, 0.2) is 57.7 Å². The molecule has 0 saturated carbocycles. The molecule has 0 fully saturated rings. The van der Waals surface area contributed by atoms with Crippen molar-refractivity contribution in [3.8, 4) is 0 Å². The van der Waals surface area contributed by atoms with E-state index in [1.807, 2.05) is 0 Å². The third kappa shape index (κ3) is 4.22. The van der Waals surface area contributed by atoms with Crippen molar-refractivity contribution in [2.24, 2.45) is 5.41 Å². The van der Waals surface area contributed by atoms with E-state index in [-0.39, 0.29) is 0 Å². The second kappa shape index (κ2) is 7.29. The minimum absolute atomic E-state index is 0.293. The number of allylic oxidation sites excluding steroid dienone is 10. The minimum atomic E-state index is 0.293. The molecule has 0 aromatic heterocycles. The van der Waals surface area contributed by atoms with Gasteiger partial charge >= 0.3 is 0 Å². The van der Waals surface area contributed by atoms with Gasteiger partial charge in [0.05, 0.1) is 0 Å². The lowest BCUT2D eigenvalue weighted by Crippen LogP contribution is -2.19. The Morgan fingerprint density at radius 2 is 1.87 bits per heavy atom. The molecule has 0 amide bonds. The molecule has 0 radical (unpaired) electrons. The van der Waals surface area contributed by atoms with Crippen LogP contribution >= 0.6 is 0 Å². The monoisotopic (exact) mass is 310 g/mol. The normalized spacial score (nSPS) is 24.2. The van der Waals surface area contributed by atoms with Crippen LogP contribution in [0.25, 0.3) is 0 Å². The summed E-state index contributed by atoms with van der Waals surface area (Å²) in [4.78, 5) is 11.0. The Kier molecular flexibility index (Phi) is 5.62. The van der Waals surface area contributed by atoms with E-state index in [4.69, 9.17) is 0 Å². The summed E-state index contributed by atoms with van der Waals surface area (Å²) < 4.78 is 0. The van der Waals surface area contributed by atoms with E-state index < -0.39 is 0 Å². The van der Waals surface area contributed by atoms with Gasteiger partial charge in [-0.3, -0.25) is 4.79 Å². The topological polar surface area (TPSA) is 17.1 Å². The summed E-state index contributed by atoms with van der Waals surface area (Å²) in [6, 6.07) is 0. The molecule has 0 heterocycles. The highest BCUT2D eigenvalue weighted by molar-refractivity contribution is 5.78. The largest absolute Gasteiger partial charge is 0.298 e. The van der Waals surface area contributed by atoms with Crippen molar-refractivity contribution in [1.29, 1.82) is 0 Å². The lowest BCUT2D eigenvalue weighted by atomic mass is 9.72. The molecule has 2 rings (SSSR count). The van der Waals surface area contributed by atoms with E-state index in [0.29, 0.717) is 5.41 Å². The standard InChI is InChI=1S/C22H30O/c1-16(8-10-19-11-12-20(15-23)18(19)3)9-13-21-17(2)7-6-14-22(21,4)5/h8-10,13,15H,6-7,11-12,14H2,1-5H3/b13-9+,16-8-,19-10+. The van der Waals surface area contributed by atoms with Gasteiger partial charge in [0.25, 0.3) is 0 Å². The molecule has 23 heavy (non-hydrogen) atoms. The summed E-state index contributed by atoms with van der Waals surface area (Å²) in [6.45, 7) is 11.2. The molecule has 1 heteroatoms. The second-order valence-electron chi connectivity index (χ2n) is 7.64. The molecule has 0 bridgehead atoms. The van der Waals surface area contributed by atoms with E-state index in [1.165, 1.54) is 47.1 Å². The van der Waals surface area contributed by atoms with Crippen molar-refractivity contribution in [2.45, 2.75) is 66.7 Å². The van der Waals surface area contributed by atoms with Gasteiger partial charge in [0, 0.05) is 0 Å². The molecule has 0 N–H and O–H groups in total. The summed E-state index contributed by atoms with van der Waals surface area (Å²) in [5.41, 5.74) is 8.02. The summed E-state index contributed by atoms with van der Waals surface area (Å²) in [5.74, 6) is 0. The fraction of sp³-hybridized carbons (Fsp3) is 0.500. The van der Waals surface area contributed by atoms with Crippen molar-refractivity contribution in [3.05, 3.63) is 57.7 Å². The third-order valence-corrected chi connectivity index (χ3v) is 5.37. The van der Waals surface area contributed by atoms with Crippen LogP contribution in [-0.4, -0.2) is 6.29 Å². The van der Waals surface area contributed by atoms with Crippen LogP contribution in [0.5, 0.6) is 0 Å². The highest BCUT2D eigenvalue weighted by Crippen LogP contribution is 2.40. The van der Waals surface area contributed by atoms with Crippen LogP contribution in [0.3, 0.4) is 0 Å². The Bertz CT molecular complexity index is 633. The number of carbonyl (C=O) groups excluding carboxylic acids is 1. The summed E-state index contributed by atoms with van der Waals surface area (Å²) in [6.07, 6.45) is 15.6. The average Bonchev–Trinajstić information content (AvgIpc) is 2.84. The van der Waals surface area contributed by atoms with Gasteiger partial charge < -0.3 is 0 Å². The Morgan fingerprint density at radius 1 is 1.13 bits per heavy atom. The molecule has 124 valence electrons. The molecular weight excluding hydrogens is 280 g/mol. The number of carbonyl (C=O) groups is 1. The summed E-state index contributed by atoms with van der Waals surface area (Å²) in [7, 11) is 0. The first kappa shape index (κ1) is 17.7. The minimum Gasteiger partial charge on any atom is -0.298 e. The van der Waals surface area contributed by atoms with Crippen molar-refractivity contribution in [2.75, 3.05) is 0 Å². The van der Waals surface area contributed by atoms with E-state index >= 15 is 0 Å². The van der Waals surface area contributed by atoms with Crippen molar-refractivity contribution in [3.63, 3.8) is 0 Å². The molecule has 0 aliphatic heterocycles. The van der Waals surface area contributed by atoms with E-state index in [0.717, 1.165) is 24.7 Å². The predicted octanol–water partition coefficient (Wildman–Crippen LogP) is 6.25. The van der Waals surface area contributed by atoms with Crippen molar-refractivity contribution in [1.82, 2.24) is 0 Å². The predicted molar refractivity (Wildman–Crippen MR) is 99.3 cm³/mol. The molecule has 0 atom stereocenters. The smallest absolute Gasteiger partial charge is 0.146 e. The number of rotatable bonds is 4. The zero-order valence-corrected chi connectivity index (χ0v) is 15.3. The maximum absolute atomic E-state index is 11.0. The van der Waals surface area contributed by atoms with E-state index in [2.05, 4.69) is 58.9 Å². The fourth-order valence-corrected chi connectivity index (χ4v) is 3.72. The van der Waals surface area contributed by atoms with Crippen LogP contribution in [-0.2, 0) is 4.79 Å². The number of aldehydes is 1. The van der Waals surface area contributed by atoms with Gasteiger partial charge in [-0.2, -0.15) is 0 Å². The Balaban J connectivity index is 2.14. The number of hydrogen-bond donors (Lipinski definition) is 0. The van der Waals surface area contributed by atoms with Gasteiger partial charge in [-0.1, -0.05) is 49.3 Å². The van der Waals surface area contributed by atoms with Crippen LogP contribution in [0, 0.1) is 5.41 Å². The molecule has 2 aliphatic rings. The summed E-state index contributed by atoms with van der Waals surface area (Å²) >= 11 is 0. The van der Waals surface area contributed by atoms with Gasteiger partial charge in [-0.15, -0.1) is 0 Å². The van der Waals surface area contributed by atoms with Gasteiger partial charge in [-0.25, -0.2) is 0 Å². The van der Waals surface area contributed by atoms with Crippen LogP contribution in [0.1, 0.15) is 66.7 Å². The lowest BCUT2D eigenvalue weighted by molar-refractivity contribution is -0.105. The maximum Gasteiger partial charge on any atom is 0.146 e. The zero-order valence-electron chi connectivity index (χ0n) is 15.3. The van der Waals surface area contributed by atoms with Crippen molar-refractivity contribution < 1.29 is 4.79 Å². The fourth-order valence-electron chi connectivity index (χ4n) is 3.72. The van der Waals surface area contributed by atoms with Crippen LogP contribution in [0.4, 0.5) is 0 Å². The Hall–Kier alpha value is -1.63. The molecule has 0 unspecified atom stereocenters. The highest BCUT2D eigenvalue weighted by Gasteiger charge is 2.26. The first-order chi connectivity index (χ1) is 10.8. The Morgan fingerprint density at radius 3 is 2.48 bits per heavy atom. The summed E-state index contributed by atoms with van der Waals surface area (Å²) in [5, 5.41) is 0. The molecule has 0 saturated heterocycles. The lowest BCUT2D eigenvalue weighted by Gasteiger charge is -2.32. The first-order valence-electron chi connectivity index (χ1n) is 8.76. The molecule has 0 spiro atoms. The average molecular weight is 310 g/mol. The Labute approximate surface area is 141 Å². The van der Waals surface area contributed by atoms with Crippen LogP contribution in [0.2, 0.25) is 0 Å². The van der Waals surface area contributed by atoms with E-state index in [9.17, 15) is 4.79 Å². The molecule has 2 aliphatic carbocycles. The highest BCUT2D eigenvalue weighted by atomic mass is 16.1. The van der Waals surface area contributed by atoms with E-state index in [1.54, 1.807) is 0 Å². The molecule has 1 nitrogen and oxygen atoms in total. The van der Waals surface area contributed by atoms with Gasteiger partial charge in [0.1, 0.15) is 6.29 Å². The van der Waals surface area contributed by atoms with Crippen molar-refractivity contribution >= 4 is 6.29 Å². The number of hydrogen-bond acceptors (Lipinski definition) is 1. The zero-order chi connectivity index (χ0) is 17.0.